The van der Waals surface area contributed by atoms with Gasteiger partial charge in [0, 0.05) is 25.1 Å². The number of carbonyl (C=O) groups excluding carboxylic acids is 1. The number of likely N-dealkylation sites (tertiary alicyclic amines) is 1. The van der Waals surface area contributed by atoms with Gasteiger partial charge in [0.05, 0.1) is 22.8 Å². The monoisotopic (exact) mass is 446 g/mol. The molecule has 0 spiro atoms. The van der Waals surface area contributed by atoms with E-state index in [1.165, 1.54) is 24.3 Å². The van der Waals surface area contributed by atoms with E-state index in [4.69, 9.17) is 4.98 Å². The fourth-order valence-corrected chi connectivity index (χ4v) is 4.57. The summed E-state index contributed by atoms with van der Waals surface area (Å²) in [6.07, 6.45) is 2.55. The molecule has 1 aliphatic heterocycles. The maximum absolute atomic E-state index is 13.4. The van der Waals surface area contributed by atoms with E-state index >= 15 is 0 Å². The number of imidazole rings is 1. The molecule has 5 nitrogen and oxygen atoms in total. The number of aryl methyl sites for hydroxylation is 2. The highest BCUT2D eigenvalue weighted by molar-refractivity contribution is 5.78. The van der Waals surface area contributed by atoms with Crippen LogP contribution in [0.25, 0.3) is 22.2 Å². The summed E-state index contributed by atoms with van der Waals surface area (Å²) in [4.78, 5) is 27.3. The van der Waals surface area contributed by atoms with Crippen LogP contribution in [0.4, 0.5) is 8.78 Å². The highest BCUT2D eigenvalue weighted by Crippen LogP contribution is 2.34. The van der Waals surface area contributed by atoms with Crippen LogP contribution in [-0.2, 0) is 11.2 Å². The van der Waals surface area contributed by atoms with Crippen molar-refractivity contribution in [2.24, 2.45) is 0 Å². The van der Waals surface area contributed by atoms with E-state index in [1.807, 2.05) is 24.0 Å². The Bertz CT molecular complexity index is 1320. The molecule has 33 heavy (non-hydrogen) atoms. The van der Waals surface area contributed by atoms with Crippen molar-refractivity contribution >= 4 is 16.9 Å². The van der Waals surface area contributed by atoms with E-state index in [2.05, 4.69) is 9.97 Å². The van der Waals surface area contributed by atoms with Gasteiger partial charge in [-0.25, -0.2) is 13.8 Å². The molecule has 1 N–H and O–H groups in total. The number of benzene rings is 2. The first kappa shape index (κ1) is 21.2. The summed E-state index contributed by atoms with van der Waals surface area (Å²) < 4.78 is 26.8. The molecule has 1 fully saturated rings. The number of H-pyrrole nitrogens is 1. The van der Waals surface area contributed by atoms with Gasteiger partial charge in [0.2, 0.25) is 5.91 Å². The molecule has 1 saturated heterocycles. The Balaban J connectivity index is 1.33. The van der Waals surface area contributed by atoms with Gasteiger partial charge in [0.1, 0.15) is 17.5 Å². The molecule has 5 rings (SSSR count). The van der Waals surface area contributed by atoms with Gasteiger partial charge >= 0.3 is 0 Å². The first-order valence-corrected chi connectivity index (χ1v) is 11.1. The van der Waals surface area contributed by atoms with Gasteiger partial charge in [0.25, 0.3) is 0 Å². The first-order valence-electron chi connectivity index (χ1n) is 11.1. The van der Waals surface area contributed by atoms with Crippen LogP contribution in [0, 0.1) is 18.6 Å². The number of amides is 1. The number of hydrogen-bond acceptors (Lipinski definition) is 3. The second-order valence-corrected chi connectivity index (χ2v) is 8.52. The van der Waals surface area contributed by atoms with Gasteiger partial charge in [-0.05, 0) is 73.4 Å². The number of hydrogen-bond donors (Lipinski definition) is 1. The highest BCUT2D eigenvalue weighted by atomic mass is 19.1. The largest absolute Gasteiger partial charge is 0.342 e. The lowest BCUT2D eigenvalue weighted by atomic mass is 10.0. The average Bonchev–Trinajstić information content (AvgIpc) is 3.44. The van der Waals surface area contributed by atoms with Crippen LogP contribution in [0.5, 0.6) is 0 Å². The van der Waals surface area contributed by atoms with Crippen molar-refractivity contribution < 1.29 is 13.6 Å². The molecule has 0 aliphatic carbocycles. The molecule has 0 unspecified atom stereocenters. The van der Waals surface area contributed by atoms with Crippen molar-refractivity contribution in [3.8, 4) is 11.1 Å². The van der Waals surface area contributed by atoms with Gasteiger partial charge < -0.3 is 9.88 Å². The van der Waals surface area contributed by atoms with Crippen LogP contribution < -0.4 is 0 Å². The molecule has 1 amide bonds. The Labute approximate surface area is 190 Å². The summed E-state index contributed by atoms with van der Waals surface area (Å²) in [6, 6.07) is 14.7. The summed E-state index contributed by atoms with van der Waals surface area (Å²) in [6.45, 7) is 2.62. The maximum atomic E-state index is 13.4. The number of nitrogens with zero attached hydrogens (tertiary/aromatic N) is 3. The predicted molar refractivity (Wildman–Crippen MR) is 122 cm³/mol. The summed E-state index contributed by atoms with van der Waals surface area (Å²) in [7, 11) is 0. The third-order valence-corrected chi connectivity index (χ3v) is 6.13. The van der Waals surface area contributed by atoms with Crippen LogP contribution in [0.3, 0.4) is 0 Å². The van der Waals surface area contributed by atoms with E-state index in [-0.39, 0.29) is 23.6 Å². The zero-order valence-corrected chi connectivity index (χ0v) is 18.3. The number of pyridine rings is 1. The molecule has 1 aliphatic rings. The Morgan fingerprint density at radius 3 is 2.64 bits per heavy atom. The standard InChI is InChI=1S/C26H24F2N4O/c1-16-13-18(17-4-6-19(27)7-5-17)14-23(29-16)24-3-2-12-32(24)26(33)11-10-25-30-21-9-8-20(28)15-22(21)31-25/h4-9,13-15,24H,2-3,10-12H2,1H3,(H,30,31)/t24-/m0/s1. The molecule has 4 aromatic rings. The van der Waals surface area contributed by atoms with Crippen LogP contribution >= 0.6 is 0 Å². The Kier molecular flexibility index (Phi) is 5.62. The summed E-state index contributed by atoms with van der Waals surface area (Å²) in [5.74, 6) is 0.133. The minimum absolute atomic E-state index is 0.0516. The molecule has 3 heterocycles. The van der Waals surface area contributed by atoms with Crippen LogP contribution in [-0.4, -0.2) is 32.3 Å². The fourth-order valence-electron chi connectivity index (χ4n) is 4.57. The van der Waals surface area contributed by atoms with Crippen molar-refractivity contribution in [2.45, 2.75) is 38.6 Å². The van der Waals surface area contributed by atoms with Gasteiger partial charge in [0.15, 0.2) is 0 Å². The van der Waals surface area contributed by atoms with E-state index in [0.29, 0.717) is 36.2 Å². The Morgan fingerprint density at radius 2 is 1.82 bits per heavy atom. The zero-order chi connectivity index (χ0) is 22.9. The quantitative estimate of drug-likeness (QED) is 0.440. The number of nitrogens with one attached hydrogen (secondary N) is 1. The smallest absolute Gasteiger partial charge is 0.223 e. The lowest BCUT2D eigenvalue weighted by molar-refractivity contribution is -0.132. The molecule has 2 aromatic heterocycles. The van der Waals surface area contributed by atoms with Crippen molar-refractivity contribution in [3.05, 3.63) is 83.4 Å². The molecular formula is C26H24F2N4O. The third kappa shape index (κ3) is 4.49. The van der Waals surface area contributed by atoms with Crippen molar-refractivity contribution in [1.82, 2.24) is 19.9 Å². The summed E-state index contributed by atoms with van der Waals surface area (Å²) in [5.41, 5.74) is 4.93. The van der Waals surface area contributed by atoms with Crippen LogP contribution in [0.1, 0.15) is 42.5 Å². The number of rotatable bonds is 5. The maximum Gasteiger partial charge on any atom is 0.223 e. The topological polar surface area (TPSA) is 61.9 Å². The molecule has 0 bridgehead atoms. The lowest BCUT2D eigenvalue weighted by Gasteiger charge is -2.25. The van der Waals surface area contributed by atoms with Crippen molar-refractivity contribution in [2.75, 3.05) is 6.54 Å². The summed E-state index contributed by atoms with van der Waals surface area (Å²) in [5, 5.41) is 0. The van der Waals surface area contributed by atoms with Gasteiger partial charge in [-0.15, -0.1) is 0 Å². The van der Waals surface area contributed by atoms with E-state index < -0.39 is 0 Å². The van der Waals surface area contributed by atoms with Crippen LogP contribution in [0.15, 0.2) is 54.6 Å². The second kappa shape index (κ2) is 8.73. The molecule has 0 saturated carbocycles. The number of fused-ring (bicyclic) bond motifs is 1. The SMILES string of the molecule is Cc1cc(-c2ccc(F)cc2)cc([C@@H]2CCCN2C(=O)CCc2nc3ccc(F)cc3[nH]2)n1. The third-order valence-electron chi connectivity index (χ3n) is 6.13. The van der Waals surface area contributed by atoms with Crippen molar-refractivity contribution in [3.63, 3.8) is 0 Å². The predicted octanol–water partition coefficient (Wildman–Crippen LogP) is 5.51. The van der Waals surface area contributed by atoms with Gasteiger partial charge in [-0.3, -0.25) is 9.78 Å². The molecular weight excluding hydrogens is 422 g/mol. The molecule has 2 aromatic carbocycles. The number of aromatic nitrogens is 3. The number of aromatic amines is 1. The van der Waals surface area contributed by atoms with Crippen LogP contribution in [0.2, 0.25) is 0 Å². The van der Waals surface area contributed by atoms with E-state index in [1.54, 1.807) is 18.2 Å². The minimum atomic E-state index is -0.320. The Morgan fingerprint density at radius 1 is 1.03 bits per heavy atom. The van der Waals surface area contributed by atoms with E-state index in [0.717, 1.165) is 35.4 Å². The number of carbonyl (C=O) groups is 1. The second-order valence-electron chi connectivity index (χ2n) is 8.52. The van der Waals surface area contributed by atoms with Crippen molar-refractivity contribution in [1.29, 1.82) is 0 Å². The normalized spacial score (nSPS) is 16.0. The van der Waals surface area contributed by atoms with E-state index in [9.17, 15) is 13.6 Å². The van der Waals surface area contributed by atoms with Gasteiger partial charge in [-0.1, -0.05) is 12.1 Å². The molecule has 7 heteroatoms. The minimum Gasteiger partial charge on any atom is -0.342 e. The Hall–Kier alpha value is -3.61. The molecule has 0 radical (unpaired) electrons. The molecule has 168 valence electrons. The highest BCUT2D eigenvalue weighted by Gasteiger charge is 2.31. The van der Waals surface area contributed by atoms with Gasteiger partial charge in [-0.2, -0.15) is 0 Å². The fraction of sp³-hybridized carbons (Fsp3) is 0.269. The lowest BCUT2D eigenvalue weighted by Crippen LogP contribution is -2.31. The zero-order valence-electron chi connectivity index (χ0n) is 18.3. The molecule has 1 atom stereocenters. The first-order chi connectivity index (χ1) is 16.0. The number of halogens is 2. The summed E-state index contributed by atoms with van der Waals surface area (Å²) >= 11 is 0. The average molecular weight is 447 g/mol.